The van der Waals surface area contributed by atoms with E-state index in [1.54, 1.807) is 0 Å². The number of nitrogens with zero attached hydrogens (tertiary/aromatic N) is 1. The van der Waals surface area contributed by atoms with E-state index < -0.39 is 0 Å². The van der Waals surface area contributed by atoms with Gasteiger partial charge in [-0.2, -0.15) is 0 Å². The molecule has 50 heavy (non-hydrogen) atoms. The quantitative estimate of drug-likeness (QED) is 0.173. The summed E-state index contributed by atoms with van der Waals surface area (Å²) in [7, 11) is 0. The number of benzene rings is 8. The molecule has 8 aromatic carbocycles. The van der Waals surface area contributed by atoms with Crippen molar-refractivity contribution in [2.75, 3.05) is 4.90 Å². The van der Waals surface area contributed by atoms with E-state index in [1.165, 1.54) is 44.5 Å². The first-order valence-corrected chi connectivity index (χ1v) is 17.0. The van der Waals surface area contributed by atoms with Crippen LogP contribution in [-0.2, 0) is 0 Å². The molecular formula is C48H33NO. The smallest absolute Gasteiger partial charge is 0.137 e. The van der Waals surface area contributed by atoms with Crippen LogP contribution in [0.4, 0.5) is 17.1 Å². The topological polar surface area (TPSA) is 16.4 Å². The van der Waals surface area contributed by atoms with Crippen molar-refractivity contribution in [2.45, 2.75) is 0 Å². The molecule has 0 saturated heterocycles. The van der Waals surface area contributed by atoms with Crippen LogP contribution in [0, 0.1) is 0 Å². The number of furan rings is 1. The lowest BCUT2D eigenvalue weighted by molar-refractivity contribution is 0.669. The fraction of sp³-hybridized carbons (Fsp3) is 0. The minimum absolute atomic E-state index is 0.873. The zero-order chi connectivity index (χ0) is 33.3. The van der Waals surface area contributed by atoms with Crippen LogP contribution in [0.25, 0.3) is 66.4 Å². The molecule has 236 valence electrons. The normalized spacial score (nSPS) is 11.2. The molecule has 0 amide bonds. The molecule has 0 atom stereocenters. The van der Waals surface area contributed by atoms with Crippen LogP contribution in [0.3, 0.4) is 0 Å². The van der Waals surface area contributed by atoms with Crippen molar-refractivity contribution in [3.63, 3.8) is 0 Å². The van der Waals surface area contributed by atoms with Crippen LogP contribution in [0.5, 0.6) is 0 Å². The molecule has 9 aromatic rings. The van der Waals surface area contributed by atoms with Gasteiger partial charge in [-0.05, 0) is 93.0 Å². The summed E-state index contributed by atoms with van der Waals surface area (Å²) in [6.07, 6.45) is 0. The fourth-order valence-corrected chi connectivity index (χ4v) is 6.90. The third-order valence-electron chi connectivity index (χ3n) is 9.50. The monoisotopic (exact) mass is 639 g/mol. The van der Waals surface area contributed by atoms with Crippen molar-refractivity contribution in [1.82, 2.24) is 0 Å². The predicted octanol–water partition coefficient (Wildman–Crippen LogP) is 13.7. The van der Waals surface area contributed by atoms with Crippen LogP contribution >= 0.6 is 0 Å². The minimum Gasteiger partial charge on any atom is -0.456 e. The summed E-state index contributed by atoms with van der Waals surface area (Å²) in [5, 5.41) is 2.25. The van der Waals surface area contributed by atoms with E-state index in [-0.39, 0.29) is 0 Å². The number of anilines is 3. The molecule has 0 fully saturated rings. The van der Waals surface area contributed by atoms with Crippen LogP contribution in [0.15, 0.2) is 205 Å². The third kappa shape index (κ3) is 5.63. The summed E-state index contributed by atoms with van der Waals surface area (Å²) in [5.74, 6) is 0. The van der Waals surface area contributed by atoms with Crippen LogP contribution in [0.1, 0.15) is 0 Å². The van der Waals surface area contributed by atoms with Gasteiger partial charge < -0.3 is 9.32 Å². The summed E-state index contributed by atoms with van der Waals surface area (Å²) in [6.45, 7) is 0. The molecule has 2 heteroatoms. The summed E-state index contributed by atoms with van der Waals surface area (Å²) < 4.78 is 6.33. The SMILES string of the molecule is c1ccc(-c2ccc(-c3ccc(N(c4ccc(-c5cccc(-c6ccccc6)c5)cc4)c4ccc5c(c4)oc4ccccc45)cc3)cc2)cc1. The second-order valence-corrected chi connectivity index (χ2v) is 12.6. The number of hydrogen-bond donors (Lipinski definition) is 0. The lowest BCUT2D eigenvalue weighted by Gasteiger charge is -2.26. The van der Waals surface area contributed by atoms with E-state index in [1.807, 2.05) is 12.1 Å². The summed E-state index contributed by atoms with van der Waals surface area (Å²) in [4.78, 5) is 2.30. The first-order chi connectivity index (χ1) is 24.8. The second-order valence-electron chi connectivity index (χ2n) is 12.6. The van der Waals surface area contributed by atoms with Crippen LogP contribution in [0.2, 0.25) is 0 Å². The van der Waals surface area contributed by atoms with Crippen molar-refractivity contribution >= 4 is 39.0 Å². The van der Waals surface area contributed by atoms with Gasteiger partial charge in [0.05, 0.1) is 0 Å². The van der Waals surface area contributed by atoms with E-state index in [4.69, 9.17) is 4.42 Å². The van der Waals surface area contributed by atoms with E-state index in [9.17, 15) is 0 Å². The molecule has 0 aliphatic rings. The van der Waals surface area contributed by atoms with E-state index in [0.29, 0.717) is 0 Å². The van der Waals surface area contributed by atoms with Gasteiger partial charge in [-0.1, -0.05) is 146 Å². The van der Waals surface area contributed by atoms with Crippen molar-refractivity contribution < 1.29 is 4.42 Å². The Morgan fingerprint density at radius 1 is 0.260 bits per heavy atom. The molecule has 2 nitrogen and oxygen atoms in total. The Labute approximate surface area is 292 Å². The molecule has 0 radical (unpaired) electrons. The van der Waals surface area contributed by atoms with Gasteiger partial charge in [-0.3, -0.25) is 0 Å². The van der Waals surface area contributed by atoms with Crippen LogP contribution in [-0.4, -0.2) is 0 Å². The molecule has 9 rings (SSSR count). The Bertz CT molecular complexity index is 2550. The van der Waals surface area contributed by atoms with Gasteiger partial charge in [0.25, 0.3) is 0 Å². The van der Waals surface area contributed by atoms with Gasteiger partial charge in [-0.15, -0.1) is 0 Å². The zero-order valence-electron chi connectivity index (χ0n) is 27.4. The van der Waals surface area contributed by atoms with Gasteiger partial charge >= 0.3 is 0 Å². The summed E-state index contributed by atoms with van der Waals surface area (Å²) >= 11 is 0. The molecule has 0 spiro atoms. The van der Waals surface area contributed by atoms with Gasteiger partial charge in [0.1, 0.15) is 11.2 Å². The van der Waals surface area contributed by atoms with Gasteiger partial charge in [0, 0.05) is 33.9 Å². The molecule has 0 unspecified atom stereocenters. The maximum atomic E-state index is 6.33. The molecule has 1 aromatic heterocycles. The highest BCUT2D eigenvalue weighted by Gasteiger charge is 2.16. The molecule has 0 aliphatic carbocycles. The molecular weight excluding hydrogens is 607 g/mol. The molecule has 1 heterocycles. The average Bonchev–Trinajstić information content (AvgIpc) is 3.57. The Morgan fingerprint density at radius 2 is 0.660 bits per heavy atom. The Balaban J connectivity index is 1.08. The van der Waals surface area contributed by atoms with Crippen molar-refractivity contribution in [1.29, 1.82) is 0 Å². The number of fused-ring (bicyclic) bond motifs is 3. The van der Waals surface area contributed by atoms with Gasteiger partial charge in [0.15, 0.2) is 0 Å². The molecule has 0 aliphatic heterocycles. The molecule has 0 N–H and O–H groups in total. The van der Waals surface area contributed by atoms with Crippen molar-refractivity contribution in [3.8, 4) is 44.5 Å². The highest BCUT2D eigenvalue weighted by molar-refractivity contribution is 6.06. The first-order valence-electron chi connectivity index (χ1n) is 17.0. The van der Waals surface area contributed by atoms with Crippen LogP contribution < -0.4 is 4.90 Å². The number of para-hydroxylation sites is 1. The lowest BCUT2D eigenvalue weighted by Crippen LogP contribution is -2.09. The van der Waals surface area contributed by atoms with Gasteiger partial charge in [0.2, 0.25) is 0 Å². The number of hydrogen-bond acceptors (Lipinski definition) is 2. The summed E-state index contributed by atoms with van der Waals surface area (Å²) in [5.41, 5.74) is 14.6. The van der Waals surface area contributed by atoms with E-state index in [2.05, 4.69) is 193 Å². The highest BCUT2D eigenvalue weighted by atomic mass is 16.3. The average molecular weight is 640 g/mol. The predicted molar refractivity (Wildman–Crippen MR) is 210 cm³/mol. The van der Waals surface area contributed by atoms with Crippen molar-refractivity contribution in [3.05, 3.63) is 200 Å². The number of rotatable bonds is 7. The highest BCUT2D eigenvalue weighted by Crippen LogP contribution is 2.40. The maximum absolute atomic E-state index is 6.33. The standard InChI is InChI=1S/C48H33NO/c1-3-10-34(11-4-1)36-18-20-37(21-19-36)38-22-26-42(27-23-38)49(44-30-31-46-45-16-7-8-17-47(45)50-48(46)33-44)43-28-24-39(25-29-43)41-15-9-14-40(32-41)35-12-5-2-6-13-35/h1-33H. The zero-order valence-corrected chi connectivity index (χ0v) is 27.4. The summed E-state index contributed by atoms with van der Waals surface area (Å²) in [6, 6.07) is 71.1. The molecule has 0 saturated carbocycles. The third-order valence-corrected chi connectivity index (χ3v) is 9.50. The lowest BCUT2D eigenvalue weighted by atomic mass is 9.98. The largest absolute Gasteiger partial charge is 0.456 e. The minimum atomic E-state index is 0.873. The Kier molecular flexibility index (Phi) is 7.53. The van der Waals surface area contributed by atoms with E-state index >= 15 is 0 Å². The fourth-order valence-electron chi connectivity index (χ4n) is 6.90. The Hall–Kier alpha value is -6.64. The van der Waals surface area contributed by atoms with E-state index in [0.717, 1.165) is 39.0 Å². The Morgan fingerprint density at radius 3 is 1.24 bits per heavy atom. The van der Waals surface area contributed by atoms with Crippen molar-refractivity contribution in [2.24, 2.45) is 0 Å². The molecule has 0 bridgehead atoms. The first kappa shape index (κ1) is 29.5. The second kappa shape index (κ2) is 12.8. The van der Waals surface area contributed by atoms with Gasteiger partial charge in [-0.25, -0.2) is 0 Å². The maximum Gasteiger partial charge on any atom is 0.137 e.